The van der Waals surface area contributed by atoms with E-state index in [0.717, 1.165) is 0 Å². The van der Waals surface area contributed by atoms with Gasteiger partial charge in [-0.05, 0) is 44.2 Å². The number of methoxy groups -OCH3 is 1. The number of furan rings is 1. The number of nitrogens with zero attached hydrogens (tertiary/aromatic N) is 2. The average Bonchev–Trinajstić information content (AvgIpc) is 3.11. The molecule has 1 aromatic carbocycles. The van der Waals surface area contributed by atoms with Crippen molar-refractivity contribution >= 4 is 5.91 Å². The summed E-state index contributed by atoms with van der Waals surface area (Å²) >= 11 is 0. The van der Waals surface area contributed by atoms with Gasteiger partial charge < -0.3 is 18.8 Å². The van der Waals surface area contributed by atoms with Gasteiger partial charge in [-0.3, -0.25) is 4.79 Å². The molecule has 0 radical (unpaired) electrons. The van der Waals surface area contributed by atoms with Crippen LogP contribution in [0.4, 0.5) is 0 Å². The fraction of sp³-hybridized carbons (Fsp3) is 0.368. The summed E-state index contributed by atoms with van der Waals surface area (Å²) in [6.45, 7) is 4.47. The van der Waals surface area contributed by atoms with Gasteiger partial charge in [-0.1, -0.05) is 0 Å². The summed E-state index contributed by atoms with van der Waals surface area (Å²) in [5, 5.41) is 8.85. The Morgan fingerprint density at radius 2 is 2.12 bits per heavy atom. The first-order valence-electron chi connectivity index (χ1n) is 8.08. The van der Waals surface area contributed by atoms with Crippen molar-refractivity contribution in [1.29, 1.82) is 5.26 Å². The highest BCUT2D eigenvalue weighted by molar-refractivity contribution is 5.94. The lowest BCUT2D eigenvalue weighted by Crippen LogP contribution is -2.31. The van der Waals surface area contributed by atoms with Gasteiger partial charge in [-0.2, -0.15) is 5.26 Å². The number of carbonyl (C=O) groups is 1. The van der Waals surface area contributed by atoms with E-state index >= 15 is 0 Å². The summed E-state index contributed by atoms with van der Waals surface area (Å²) in [5.41, 5.74) is 0.470. The molecule has 132 valence electrons. The van der Waals surface area contributed by atoms with Gasteiger partial charge in [0.25, 0.3) is 5.91 Å². The molecular formula is C19H22N2O4. The van der Waals surface area contributed by atoms with Crippen molar-refractivity contribution < 1.29 is 18.7 Å². The van der Waals surface area contributed by atoms with Gasteiger partial charge in [-0.25, -0.2) is 0 Å². The van der Waals surface area contributed by atoms with E-state index in [-0.39, 0.29) is 18.4 Å². The minimum Gasteiger partial charge on any atom is -0.493 e. The van der Waals surface area contributed by atoms with Crippen LogP contribution in [0, 0.1) is 11.3 Å². The van der Waals surface area contributed by atoms with Crippen molar-refractivity contribution in [2.24, 2.45) is 0 Å². The SMILES string of the molecule is COc1cc(C(=O)N(CCC#N)Cc2ccco2)ccc1OC(C)C. The molecule has 6 heteroatoms. The lowest BCUT2D eigenvalue weighted by Gasteiger charge is -2.21. The van der Waals surface area contributed by atoms with Crippen LogP contribution in [0.1, 0.15) is 36.4 Å². The van der Waals surface area contributed by atoms with Crippen LogP contribution in [0.2, 0.25) is 0 Å². The lowest BCUT2D eigenvalue weighted by molar-refractivity contribution is 0.0735. The zero-order valence-corrected chi connectivity index (χ0v) is 14.7. The minimum absolute atomic E-state index is 0.00142. The summed E-state index contributed by atoms with van der Waals surface area (Å²) < 4.78 is 16.3. The Morgan fingerprint density at radius 1 is 1.32 bits per heavy atom. The maximum Gasteiger partial charge on any atom is 0.254 e. The van der Waals surface area contributed by atoms with E-state index in [4.69, 9.17) is 19.2 Å². The quantitative estimate of drug-likeness (QED) is 0.732. The van der Waals surface area contributed by atoms with Crippen LogP contribution in [-0.2, 0) is 6.54 Å². The molecule has 1 heterocycles. The van der Waals surface area contributed by atoms with E-state index in [2.05, 4.69) is 6.07 Å². The van der Waals surface area contributed by atoms with Gasteiger partial charge >= 0.3 is 0 Å². The number of carbonyl (C=O) groups excluding carboxylic acids is 1. The number of amides is 1. The van der Waals surface area contributed by atoms with Gasteiger partial charge in [0.05, 0.1) is 38.5 Å². The number of nitriles is 1. The monoisotopic (exact) mass is 342 g/mol. The molecule has 0 unspecified atom stereocenters. The Balaban J connectivity index is 2.23. The predicted octanol–water partition coefficient (Wildman–Crippen LogP) is 3.63. The molecule has 2 aromatic rings. The Bertz CT molecular complexity index is 732. The molecule has 0 spiro atoms. The normalized spacial score (nSPS) is 10.4. The molecule has 0 saturated carbocycles. The lowest BCUT2D eigenvalue weighted by atomic mass is 10.1. The molecular weight excluding hydrogens is 320 g/mol. The standard InChI is InChI=1S/C19H22N2O4/c1-14(2)25-17-8-7-15(12-18(17)23-3)19(22)21(10-5-9-20)13-16-6-4-11-24-16/h4,6-8,11-12,14H,5,10,13H2,1-3H3. The Morgan fingerprint density at radius 3 is 2.72 bits per heavy atom. The topological polar surface area (TPSA) is 75.7 Å². The Kier molecular flexibility index (Phi) is 6.47. The molecule has 0 aliphatic heterocycles. The first-order chi connectivity index (χ1) is 12.0. The molecule has 0 aliphatic rings. The molecule has 0 bridgehead atoms. The summed E-state index contributed by atoms with van der Waals surface area (Å²) in [5.74, 6) is 1.56. The van der Waals surface area contributed by atoms with Crippen molar-refractivity contribution in [3.63, 3.8) is 0 Å². The second kappa shape index (κ2) is 8.78. The van der Waals surface area contributed by atoms with Crippen LogP contribution in [0.25, 0.3) is 0 Å². The highest BCUT2D eigenvalue weighted by Crippen LogP contribution is 2.29. The van der Waals surface area contributed by atoms with Crippen LogP contribution in [0.3, 0.4) is 0 Å². The number of ether oxygens (including phenoxy) is 2. The summed E-state index contributed by atoms with van der Waals surface area (Å²) in [4.78, 5) is 14.4. The molecule has 1 amide bonds. The maximum atomic E-state index is 12.9. The van der Waals surface area contributed by atoms with E-state index in [0.29, 0.717) is 35.9 Å². The maximum absolute atomic E-state index is 12.9. The van der Waals surface area contributed by atoms with E-state index in [9.17, 15) is 4.79 Å². The van der Waals surface area contributed by atoms with Crippen molar-refractivity contribution in [2.45, 2.75) is 32.9 Å². The molecule has 0 fully saturated rings. The van der Waals surface area contributed by atoms with Crippen LogP contribution in [0.15, 0.2) is 41.0 Å². The van der Waals surface area contributed by atoms with Crippen LogP contribution in [0.5, 0.6) is 11.5 Å². The third-order valence-corrected chi connectivity index (χ3v) is 3.48. The van der Waals surface area contributed by atoms with Gasteiger partial charge in [-0.15, -0.1) is 0 Å². The van der Waals surface area contributed by atoms with Crippen LogP contribution in [-0.4, -0.2) is 30.6 Å². The average molecular weight is 342 g/mol. The smallest absolute Gasteiger partial charge is 0.254 e. The zero-order chi connectivity index (χ0) is 18.2. The van der Waals surface area contributed by atoms with Crippen molar-refractivity contribution in [1.82, 2.24) is 4.90 Å². The van der Waals surface area contributed by atoms with Gasteiger partial charge in [0.2, 0.25) is 0 Å². The molecule has 2 rings (SSSR count). The van der Waals surface area contributed by atoms with Crippen LogP contribution < -0.4 is 9.47 Å². The summed E-state index contributed by atoms with van der Waals surface area (Å²) in [6, 6.07) is 10.7. The molecule has 0 aliphatic carbocycles. The minimum atomic E-state index is -0.193. The first-order valence-corrected chi connectivity index (χ1v) is 8.08. The fourth-order valence-corrected chi connectivity index (χ4v) is 2.36. The van der Waals surface area contributed by atoms with E-state index in [1.165, 1.54) is 7.11 Å². The highest BCUT2D eigenvalue weighted by atomic mass is 16.5. The number of rotatable bonds is 8. The summed E-state index contributed by atoms with van der Waals surface area (Å²) in [7, 11) is 1.53. The van der Waals surface area contributed by atoms with E-state index in [1.54, 1.807) is 41.5 Å². The zero-order valence-electron chi connectivity index (χ0n) is 14.7. The van der Waals surface area contributed by atoms with Gasteiger partial charge in [0.15, 0.2) is 11.5 Å². The number of hydrogen-bond donors (Lipinski definition) is 0. The molecule has 0 N–H and O–H groups in total. The van der Waals surface area contributed by atoms with E-state index in [1.807, 2.05) is 13.8 Å². The van der Waals surface area contributed by atoms with Gasteiger partial charge in [0, 0.05) is 12.1 Å². The Hall–Kier alpha value is -2.94. The van der Waals surface area contributed by atoms with Crippen molar-refractivity contribution in [2.75, 3.05) is 13.7 Å². The summed E-state index contributed by atoms with van der Waals surface area (Å²) in [6.07, 6.45) is 1.81. The van der Waals surface area contributed by atoms with Crippen LogP contribution >= 0.6 is 0 Å². The highest BCUT2D eigenvalue weighted by Gasteiger charge is 2.19. The largest absolute Gasteiger partial charge is 0.493 e. The third kappa shape index (κ3) is 5.01. The van der Waals surface area contributed by atoms with E-state index < -0.39 is 0 Å². The molecule has 0 saturated heterocycles. The van der Waals surface area contributed by atoms with Crippen molar-refractivity contribution in [3.8, 4) is 17.6 Å². The Labute approximate surface area is 147 Å². The second-order valence-corrected chi connectivity index (χ2v) is 5.75. The fourth-order valence-electron chi connectivity index (χ4n) is 2.36. The second-order valence-electron chi connectivity index (χ2n) is 5.75. The predicted molar refractivity (Wildman–Crippen MR) is 92.4 cm³/mol. The molecule has 0 atom stereocenters. The number of hydrogen-bond acceptors (Lipinski definition) is 5. The molecule has 1 aromatic heterocycles. The number of benzene rings is 1. The first kappa shape index (κ1) is 18.4. The molecule has 6 nitrogen and oxygen atoms in total. The van der Waals surface area contributed by atoms with Gasteiger partial charge in [0.1, 0.15) is 5.76 Å². The third-order valence-electron chi connectivity index (χ3n) is 3.48. The van der Waals surface area contributed by atoms with Crippen molar-refractivity contribution in [3.05, 3.63) is 47.9 Å². The molecule has 25 heavy (non-hydrogen) atoms.